The number of methoxy groups -OCH3 is 1. The first-order chi connectivity index (χ1) is 7.76. The van der Waals surface area contributed by atoms with Crippen molar-refractivity contribution in [3.8, 4) is 16.9 Å². The second-order valence-corrected chi connectivity index (χ2v) is 3.60. The highest BCUT2D eigenvalue weighted by molar-refractivity contribution is 5.67. The molecule has 2 rings (SSSR count). The quantitative estimate of drug-likeness (QED) is 0.840. The molecule has 0 aliphatic carbocycles. The van der Waals surface area contributed by atoms with Crippen LogP contribution in [0.2, 0.25) is 0 Å². The van der Waals surface area contributed by atoms with Crippen LogP contribution in [-0.2, 0) is 6.42 Å². The fourth-order valence-electron chi connectivity index (χ4n) is 1.79. The van der Waals surface area contributed by atoms with Crippen molar-refractivity contribution in [1.29, 1.82) is 0 Å². The molecule has 0 saturated heterocycles. The molecule has 2 nitrogen and oxygen atoms in total. The SMILES string of the molecule is CCc1c[nH]cc1-c1ccc(OC)c(F)c1. The zero-order valence-electron chi connectivity index (χ0n) is 9.38. The van der Waals surface area contributed by atoms with E-state index >= 15 is 0 Å². The van der Waals surface area contributed by atoms with E-state index in [1.807, 2.05) is 18.5 Å². The van der Waals surface area contributed by atoms with E-state index in [0.29, 0.717) is 0 Å². The van der Waals surface area contributed by atoms with Crippen molar-refractivity contribution in [3.63, 3.8) is 0 Å². The first kappa shape index (κ1) is 10.7. The lowest BCUT2D eigenvalue weighted by molar-refractivity contribution is 0.386. The van der Waals surface area contributed by atoms with E-state index in [9.17, 15) is 4.39 Å². The highest BCUT2D eigenvalue weighted by Gasteiger charge is 2.08. The Kier molecular flexibility index (Phi) is 2.95. The molecule has 2 aromatic rings. The van der Waals surface area contributed by atoms with Gasteiger partial charge in [-0.1, -0.05) is 13.0 Å². The van der Waals surface area contributed by atoms with Crippen LogP contribution in [0.1, 0.15) is 12.5 Å². The fourth-order valence-corrected chi connectivity index (χ4v) is 1.79. The van der Waals surface area contributed by atoms with Crippen molar-refractivity contribution in [1.82, 2.24) is 4.98 Å². The number of hydrogen-bond acceptors (Lipinski definition) is 1. The number of hydrogen-bond donors (Lipinski definition) is 1. The van der Waals surface area contributed by atoms with Crippen LogP contribution in [0, 0.1) is 5.82 Å². The maximum atomic E-state index is 13.5. The van der Waals surface area contributed by atoms with Gasteiger partial charge in [-0.2, -0.15) is 0 Å². The van der Waals surface area contributed by atoms with Gasteiger partial charge in [0, 0.05) is 18.0 Å². The standard InChI is InChI=1S/C13H14FNO/c1-3-9-7-15-8-11(9)10-4-5-13(16-2)12(14)6-10/h4-8,15H,3H2,1-2H3. The van der Waals surface area contributed by atoms with Gasteiger partial charge in [0.15, 0.2) is 11.6 Å². The maximum Gasteiger partial charge on any atom is 0.165 e. The van der Waals surface area contributed by atoms with Gasteiger partial charge in [-0.15, -0.1) is 0 Å². The van der Waals surface area contributed by atoms with E-state index in [1.165, 1.54) is 18.7 Å². The van der Waals surface area contributed by atoms with Crippen LogP contribution in [0.4, 0.5) is 4.39 Å². The molecule has 1 aromatic carbocycles. The average Bonchev–Trinajstić information content (AvgIpc) is 2.77. The summed E-state index contributed by atoms with van der Waals surface area (Å²) in [5.41, 5.74) is 3.10. The molecule has 16 heavy (non-hydrogen) atoms. The Morgan fingerprint density at radius 2 is 2.12 bits per heavy atom. The predicted octanol–water partition coefficient (Wildman–Crippen LogP) is 3.39. The summed E-state index contributed by atoms with van der Waals surface area (Å²) in [6, 6.07) is 5.02. The number of halogens is 1. The molecule has 84 valence electrons. The van der Waals surface area contributed by atoms with Gasteiger partial charge < -0.3 is 9.72 Å². The van der Waals surface area contributed by atoms with Crippen LogP contribution >= 0.6 is 0 Å². The van der Waals surface area contributed by atoms with E-state index in [2.05, 4.69) is 11.9 Å². The van der Waals surface area contributed by atoms with Crippen LogP contribution < -0.4 is 4.74 Å². The zero-order valence-corrected chi connectivity index (χ0v) is 9.38. The van der Waals surface area contributed by atoms with E-state index in [-0.39, 0.29) is 11.6 Å². The minimum atomic E-state index is -0.330. The highest BCUT2D eigenvalue weighted by Crippen LogP contribution is 2.28. The molecule has 0 fully saturated rings. The third kappa shape index (κ3) is 1.81. The third-order valence-electron chi connectivity index (χ3n) is 2.67. The molecule has 1 aromatic heterocycles. The number of nitrogens with one attached hydrogen (secondary N) is 1. The van der Waals surface area contributed by atoms with Gasteiger partial charge in [-0.05, 0) is 29.7 Å². The minimum Gasteiger partial charge on any atom is -0.494 e. The Hall–Kier alpha value is -1.77. The van der Waals surface area contributed by atoms with Crippen LogP contribution in [0.3, 0.4) is 0 Å². The summed E-state index contributed by atoms with van der Waals surface area (Å²) in [5, 5.41) is 0. The molecular formula is C13H14FNO. The van der Waals surface area contributed by atoms with E-state index in [0.717, 1.165) is 17.5 Å². The molecule has 0 saturated carbocycles. The summed E-state index contributed by atoms with van der Waals surface area (Å²) in [6.45, 7) is 2.08. The van der Waals surface area contributed by atoms with Crippen molar-refractivity contribution in [2.75, 3.05) is 7.11 Å². The van der Waals surface area contributed by atoms with Crippen molar-refractivity contribution in [2.24, 2.45) is 0 Å². The molecule has 0 radical (unpaired) electrons. The summed E-state index contributed by atoms with van der Waals surface area (Å²) in [5.74, 6) is -0.0550. The highest BCUT2D eigenvalue weighted by atomic mass is 19.1. The molecule has 0 atom stereocenters. The number of aromatic amines is 1. The van der Waals surface area contributed by atoms with Crippen LogP contribution in [0.25, 0.3) is 11.1 Å². The summed E-state index contributed by atoms with van der Waals surface area (Å²) in [7, 11) is 1.46. The molecule has 1 N–H and O–H groups in total. The zero-order chi connectivity index (χ0) is 11.5. The maximum absolute atomic E-state index is 13.5. The van der Waals surface area contributed by atoms with E-state index in [4.69, 9.17) is 4.74 Å². The number of H-pyrrole nitrogens is 1. The number of rotatable bonds is 3. The van der Waals surface area contributed by atoms with Gasteiger partial charge in [-0.25, -0.2) is 4.39 Å². The second kappa shape index (κ2) is 4.39. The Morgan fingerprint density at radius 3 is 2.75 bits per heavy atom. The van der Waals surface area contributed by atoms with Crippen molar-refractivity contribution in [3.05, 3.63) is 42.0 Å². The van der Waals surface area contributed by atoms with Gasteiger partial charge in [0.25, 0.3) is 0 Å². The molecule has 0 aliphatic heterocycles. The van der Waals surface area contributed by atoms with Gasteiger partial charge in [0.05, 0.1) is 7.11 Å². The first-order valence-corrected chi connectivity index (χ1v) is 5.25. The van der Waals surface area contributed by atoms with Crippen molar-refractivity contribution in [2.45, 2.75) is 13.3 Å². The van der Waals surface area contributed by atoms with E-state index < -0.39 is 0 Å². The third-order valence-corrected chi connectivity index (χ3v) is 2.67. The normalized spacial score (nSPS) is 10.4. The smallest absolute Gasteiger partial charge is 0.165 e. The lowest BCUT2D eigenvalue weighted by Crippen LogP contribution is -1.89. The summed E-state index contributed by atoms with van der Waals surface area (Å²) in [4.78, 5) is 3.04. The monoisotopic (exact) mass is 219 g/mol. The molecule has 0 spiro atoms. The minimum absolute atomic E-state index is 0.275. The number of aryl methyl sites for hydroxylation is 1. The largest absolute Gasteiger partial charge is 0.494 e. The Balaban J connectivity index is 2.45. The van der Waals surface area contributed by atoms with Crippen LogP contribution in [-0.4, -0.2) is 12.1 Å². The topological polar surface area (TPSA) is 25.0 Å². The van der Waals surface area contributed by atoms with Gasteiger partial charge in [-0.3, -0.25) is 0 Å². The van der Waals surface area contributed by atoms with Crippen LogP contribution in [0.15, 0.2) is 30.6 Å². The van der Waals surface area contributed by atoms with Crippen LogP contribution in [0.5, 0.6) is 5.75 Å². The Morgan fingerprint density at radius 1 is 1.31 bits per heavy atom. The average molecular weight is 219 g/mol. The molecule has 0 amide bonds. The molecule has 0 unspecified atom stereocenters. The Labute approximate surface area is 94.1 Å². The molecule has 1 heterocycles. The fraction of sp³-hybridized carbons (Fsp3) is 0.231. The van der Waals surface area contributed by atoms with Gasteiger partial charge in [0.1, 0.15) is 0 Å². The molecule has 0 bridgehead atoms. The lowest BCUT2D eigenvalue weighted by atomic mass is 10.0. The van der Waals surface area contributed by atoms with Crippen molar-refractivity contribution < 1.29 is 9.13 Å². The number of benzene rings is 1. The number of aromatic nitrogens is 1. The van der Waals surface area contributed by atoms with E-state index in [1.54, 1.807) is 6.07 Å². The Bertz CT molecular complexity index is 490. The van der Waals surface area contributed by atoms with Crippen molar-refractivity contribution >= 4 is 0 Å². The first-order valence-electron chi connectivity index (χ1n) is 5.25. The molecule has 0 aliphatic rings. The number of ether oxygens (including phenoxy) is 1. The lowest BCUT2D eigenvalue weighted by Gasteiger charge is -2.05. The predicted molar refractivity (Wildman–Crippen MR) is 62.1 cm³/mol. The summed E-state index contributed by atoms with van der Waals surface area (Å²) >= 11 is 0. The summed E-state index contributed by atoms with van der Waals surface area (Å²) in [6.07, 6.45) is 4.75. The second-order valence-electron chi connectivity index (χ2n) is 3.60. The molecule has 3 heteroatoms. The molecular weight excluding hydrogens is 205 g/mol. The van der Waals surface area contributed by atoms with Gasteiger partial charge >= 0.3 is 0 Å². The summed E-state index contributed by atoms with van der Waals surface area (Å²) < 4.78 is 18.4. The van der Waals surface area contributed by atoms with Gasteiger partial charge in [0.2, 0.25) is 0 Å².